The fraction of sp³-hybridized carbons (Fsp3) is 0.381. The lowest BCUT2D eigenvalue weighted by Crippen LogP contribution is -2.35. The highest BCUT2D eigenvalue weighted by Crippen LogP contribution is 2.36. The minimum atomic E-state index is -5.16. The van der Waals surface area contributed by atoms with Crippen LogP contribution in [0.25, 0.3) is 5.13 Å². The fourth-order valence-electron chi connectivity index (χ4n) is 3.27. The Morgan fingerprint density at radius 2 is 1.59 bits per heavy atom. The Morgan fingerprint density at radius 1 is 1.03 bits per heavy atom. The average molecular weight is 588 g/mol. The maximum Gasteiger partial charge on any atom is 0.416 e. The van der Waals surface area contributed by atoms with Gasteiger partial charge in [-0.15, -0.1) is 5.10 Å². The number of alkyl halides is 9. The van der Waals surface area contributed by atoms with Crippen molar-refractivity contribution in [3.05, 3.63) is 57.6 Å². The van der Waals surface area contributed by atoms with E-state index in [0.717, 1.165) is 17.9 Å². The van der Waals surface area contributed by atoms with Crippen LogP contribution >= 0.6 is 11.3 Å². The third kappa shape index (κ3) is 7.24. The predicted molar refractivity (Wildman–Crippen MR) is 117 cm³/mol. The molecular weight excluding hydrogens is 571 g/mol. The number of thiazole rings is 1. The number of hydrogen-bond acceptors (Lipinski definition) is 6. The normalized spacial score (nSPS) is 13.3. The molecule has 0 aliphatic carbocycles. The Hall–Kier alpha value is -3.70. The summed E-state index contributed by atoms with van der Waals surface area (Å²) in [6.45, 7) is 1.22. The highest BCUT2D eigenvalue weighted by atomic mass is 32.1. The van der Waals surface area contributed by atoms with Gasteiger partial charge in [0.15, 0.2) is 5.82 Å². The van der Waals surface area contributed by atoms with Crippen LogP contribution in [0.4, 0.5) is 39.5 Å². The van der Waals surface area contributed by atoms with Crippen molar-refractivity contribution >= 4 is 23.2 Å². The van der Waals surface area contributed by atoms with Crippen LogP contribution in [-0.2, 0) is 12.4 Å². The average Bonchev–Trinajstić information content (AvgIpc) is 3.42. The van der Waals surface area contributed by atoms with Gasteiger partial charge in [0.1, 0.15) is 17.2 Å². The van der Waals surface area contributed by atoms with Gasteiger partial charge in [-0.3, -0.25) is 9.59 Å². The number of aromatic nitrogens is 4. The van der Waals surface area contributed by atoms with E-state index in [1.807, 2.05) is 0 Å². The standard InChI is InChI=1S/C21H17F9N6O2S/c1-9(32-16(37)11-4-12(20(25,26)27)6-13(5-11)21(28,29)30)15-33-10(2)34-36(15)18-31-7-14(39-18)17(38)35(3)8-19(22,23)24/h4-7,9H,8H2,1-3H3,(H,32,37)/t9-/m0/s1. The molecule has 1 atom stereocenters. The van der Waals surface area contributed by atoms with Crippen LogP contribution in [0.3, 0.4) is 0 Å². The summed E-state index contributed by atoms with van der Waals surface area (Å²) in [7, 11) is 0.940. The summed E-state index contributed by atoms with van der Waals surface area (Å²) >= 11 is 0.646. The molecule has 2 aromatic heterocycles. The molecule has 8 nitrogen and oxygen atoms in total. The molecule has 0 aliphatic rings. The molecule has 2 amide bonds. The largest absolute Gasteiger partial charge is 0.416 e. The first-order chi connectivity index (χ1) is 17.8. The van der Waals surface area contributed by atoms with Gasteiger partial charge in [0.25, 0.3) is 11.8 Å². The first kappa shape index (κ1) is 29.9. The second-order valence-electron chi connectivity index (χ2n) is 8.20. The Balaban J connectivity index is 1.88. The van der Waals surface area contributed by atoms with Crippen molar-refractivity contribution in [3.63, 3.8) is 0 Å². The van der Waals surface area contributed by atoms with Gasteiger partial charge in [0, 0.05) is 12.6 Å². The number of carbonyl (C=O) groups excluding carboxylic acids is 2. The van der Waals surface area contributed by atoms with Crippen molar-refractivity contribution in [2.75, 3.05) is 13.6 Å². The summed E-state index contributed by atoms with van der Waals surface area (Å²) < 4.78 is 118. The van der Waals surface area contributed by atoms with Gasteiger partial charge in [-0.2, -0.15) is 44.2 Å². The van der Waals surface area contributed by atoms with Crippen molar-refractivity contribution in [1.82, 2.24) is 30.0 Å². The zero-order valence-electron chi connectivity index (χ0n) is 20.0. The molecule has 39 heavy (non-hydrogen) atoms. The van der Waals surface area contributed by atoms with Crippen LogP contribution in [0.2, 0.25) is 0 Å². The summed E-state index contributed by atoms with van der Waals surface area (Å²) in [6.07, 6.45) is -14.0. The van der Waals surface area contributed by atoms with E-state index < -0.39 is 59.6 Å². The molecule has 0 unspecified atom stereocenters. The Labute approximate surface area is 217 Å². The quantitative estimate of drug-likeness (QED) is 0.400. The van der Waals surface area contributed by atoms with Crippen molar-refractivity contribution in [3.8, 4) is 5.13 Å². The van der Waals surface area contributed by atoms with Gasteiger partial charge >= 0.3 is 18.5 Å². The van der Waals surface area contributed by atoms with Crippen LogP contribution < -0.4 is 5.32 Å². The highest BCUT2D eigenvalue weighted by Gasteiger charge is 2.38. The lowest BCUT2D eigenvalue weighted by atomic mass is 10.0. The molecule has 0 bridgehead atoms. The van der Waals surface area contributed by atoms with Gasteiger partial charge in [0.2, 0.25) is 5.13 Å². The van der Waals surface area contributed by atoms with E-state index in [1.54, 1.807) is 0 Å². The number of nitrogens with one attached hydrogen (secondary N) is 1. The van der Waals surface area contributed by atoms with Gasteiger partial charge in [-0.25, -0.2) is 9.97 Å². The monoisotopic (exact) mass is 588 g/mol. The molecule has 0 spiro atoms. The van der Waals surface area contributed by atoms with E-state index in [-0.39, 0.29) is 39.9 Å². The van der Waals surface area contributed by atoms with Crippen LogP contribution in [-0.4, -0.2) is 56.2 Å². The highest BCUT2D eigenvalue weighted by molar-refractivity contribution is 7.16. The van der Waals surface area contributed by atoms with Crippen LogP contribution in [0.1, 0.15) is 55.8 Å². The first-order valence-electron chi connectivity index (χ1n) is 10.6. The van der Waals surface area contributed by atoms with Gasteiger partial charge in [-0.1, -0.05) is 11.3 Å². The van der Waals surface area contributed by atoms with Crippen LogP contribution in [0, 0.1) is 6.92 Å². The molecule has 0 radical (unpaired) electrons. The van der Waals surface area contributed by atoms with E-state index >= 15 is 0 Å². The maximum absolute atomic E-state index is 13.2. The van der Waals surface area contributed by atoms with Gasteiger partial charge in [-0.05, 0) is 32.0 Å². The van der Waals surface area contributed by atoms with E-state index in [4.69, 9.17) is 0 Å². The number of amides is 2. The Morgan fingerprint density at radius 3 is 2.10 bits per heavy atom. The topological polar surface area (TPSA) is 93.0 Å². The van der Waals surface area contributed by atoms with E-state index in [0.29, 0.717) is 16.2 Å². The summed E-state index contributed by atoms with van der Waals surface area (Å²) in [6, 6.07) is -0.737. The lowest BCUT2D eigenvalue weighted by Gasteiger charge is -2.17. The molecule has 0 saturated heterocycles. The van der Waals surface area contributed by atoms with Crippen LogP contribution in [0.15, 0.2) is 24.4 Å². The number of nitrogens with zero attached hydrogens (tertiary/aromatic N) is 5. The molecule has 0 fully saturated rings. The van der Waals surface area contributed by atoms with E-state index in [9.17, 15) is 49.1 Å². The number of aryl methyl sites for hydroxylation is 1. The molecule has 3 aromatic rings. The van der Waals surface area contributed by atoms with Crippen molar-refractivity contribution in [2.45, 2.75) is 38.4 Å². The van der Waals surface area contributed by atoms with E-state index in [1.165, 1.54) is 13.8 Å². The summed E-state index contributed by atoms with van der Waals surface area (Å²) in [4.78, 5) is 33.3. The lowest BCUT2D eigenvalue weighted by molar-refractivity contribution is -0.143. The number of hydrogen-bond donors (Lipinski definition) is 1. The maximum atomic E-state index is 13.2. The molecule has 1 aromatic carbocycles. The van der Waals surface area contributed by atoms with Gasteiger partial charge in [0.05, 0.1) is 23.4 Å². The zero-order chi connectivity index (χ0) is 29.5. The molecule has 0 aliphatic heterocycles. The number of halogens is 9. The molecular formula is C21H17F9N6O2S. The second kappa shape index (κ2) is 10.5. The summed E-state index contributed by atoms with van der Waals surface area (Å²) in [5.74, 6) is -2.22. The first-order valence-corrected chi connectivity index (χ1v) is 11.4. The van der Waals surface area contributed by atoms with Crippen molar-refractivity contribution < 1.29 is 49.1 Å². The number of benzene rings is 1. The number of rotatable bonds is 6. The molecule has 3 rings (SSSR count). The summed E-state index contributed by atoms with van der Waals surface area (Å²) in [5, 5.41) is 6.25. The molecule has 2 heterocycles. The van der Waals surface area contributed by atoms with E-state index in [2.05, 4.69) is 20.4 Å². The molecule has 212 valence electrons. The summed E-state index contributed by atoms with van der Waals surface area (Å²) in [5.41, 5.74) is -4.27. The third-order valence-electron chi connectivity index (χ3n) is 4.97. The minimum Gasteiger partial charge on any atom is -0.342 e. The third-order valence-corrected chi connectivity index (χ3v) is 5.93. The fourth-order valence-corrected chi connectivity index (χ4v) is 4.15. The van der Waals surface area contributed by atoms with Gasteiger partial charge < -0.3 is 10.2 Å². The van der Waals surface area contributed by atoms with Crippen LogP contribution in [0.5, 0.6) is 0 Å². The Kier molecular flexibility index (Phi) is 8.01. The Bertz CT molecular complexity index is 1350. The number of carbonyl (C=O) groups is 2. The predicted octanol–water partition coefficient (Wildman–Crippen LogP) is 5.20. The van der Waals surface area contributed by atoms with Crippen molar-refractivity contribution in [2.24, 2.45) is 0 Å². The second-order valence-corrected chi connectivity index (χ2v) is 9.21. The minimum absolute atomic E-state index is 0.0473. The SMILES string of the molecule is Cc1nc([C@H](C)NC(=O)c2cc(C(F)(F)F)cc(C(F)(F)F)c2)n(-c2ncc(C(=O)N(C)CC(F)(F)F)s2)n1. The van der Waals surface area contributed by atoms with Crippen molar-refractivity contribution in [1.29, 1.82) is 0 Å². The molecule has 1 N–H and O–H groups in total. The smallest absolute Gasteiger partial charge is 0.342 e. The zero-order valence-corrected chi connectivity index (χ0v) is 20.8. The molecule has 0 saturated carbocycles. The molecule has 18 heteroatoms.